The molecule has 0 aromatic heterocycles. The summed E-state index contributed by atoms with van der Waals surface area (Å²) in [6, 6.07) is 0. The van der Waals surface area contributed by atoms with E-state index in [1.165, 1.54) is 0 Å². The molecule has 1 amide bonds. The van der Waals surface area contributed by atoms with E-state index in [9.17, 15) is 14.3 Å². The Hall–Kier alpha value is -0.620. The predicted octanol–water partition coefficient (Wildman–Crippen LogP) is 1.29. The van der Waals surface area contributed by atoms with Crippen molar-refractivity contribution in [3.63, 3.8) is 0 Å². The highest BCUT2D eigenvalue weighted by molar-refractivity contribution is 7.45. The fourth-order valence-electron chi connectivity index (χ4n) is 2.47. The predicted molar refractivity (Wildman–Crippen MR) is 116 cm³/mol. The van der Waals surface area contributed by atoms with Crippen molar-refractivity contribution in [2.75, 3.05) is 80.7 Å². The Kier molecular flexibility index (Phi) is 21.8. The molecule has 0 saturated carbocycles. The molecule has 0 saturated heterocycles. The number of ether oxygens (including phenoxy) is 5. The third-order valence-electron chi connectivity index (χ3n) is 4.24. The minimum absolute atomic E-state index is 0.0214. The number of amides is 1. The lowest BCUT2D eigenvalue weighted by Crippen LogP contribution is -2.28. The maximum absolute atomic E-state index is 11.7. The minimum atomic E-state index is -4.19. The topological polar surface area (TPSA) is 134 Å². The summed E-state index contributed by atoms with van der Waals surface area (Å²) in [5.74, 6) is -0.0529. The molecule has 0 rings (SSSR count). The summed E-state index contributed by atoms with van der Waals surface area (Å²) < 4.78 is 46.6. The Morgan fingerprint density at radius 1 is 0.844 bits per heavy atom. The Morgan fingerprint density at radius 2 is 1.50 bits per heavy atom. The summed E-state index contributed by atoms with van der Waals surface area (Å²) in [5.41, 5.74) is 0. The van der Waals surface area contributed by atoms with Crippen LogP contribution < -0.4 is 10.2 Å². The van der Waals surface area contributed by atoms with Crippen molar-refractivity contribution in [2.45, 2.75) is 44.6 Å². The Bertz CT molecular complexity index is 483. The third-order valence-corrected chi connectivity index (χ3v) is 5.19. The quantitative estimate of drug-likeness (QED) is 0.157. The number of hydrogen-bond donors (Lipinski definition) is 1. The number of methoxy groups -OCH3 is 2. The van der Waals surface area contributed by atoms with E-state index in [0.717, 1.165) is 32.8 Å². The molecule has 0 aliphatic heterocycles. The number of phosphoric ester groups is 1. The molecule has 2 unspecified atom stereocenters. The summed E-state index contributed by atoms with van der Waals surface area (Å²) in [7, 11) is 0.107. The van der Waals surface area contributed by atoms with E-state index >= 15 is 0 Å². The van der Waals surface area contributed by atoms with Crippen LogP contribution in [-0.2, 0) is 42.1 Å². The van der Waals surface area contributed by atoms with Crippen LogP contribution in [0.2, 0.25) is 0 Å². The second kappa shape index (κ2) is 22.2. The molecule has 192 valence electrons. The maximum Gasteiger partial charge on any atom is 0.267 e. The van der Waals surface area contributed by atoms with Gasteiger partial charge in [-0.15, -0.1) is 0 Å². The van der Waals surface area contributed by atoms with Crippen LogP contribution in [0.5, 0.6) is 0 Å². The number of phosphoric acid groups is 1. The molecule has 0 heterocycles. The summed E-state index contributed by atoms with van der Waals surface area (Å²) >= 11 is 0. The number of rotatable bonds is 24. The van der Waals surface area contributed by atoms with Gasteiger partial charge in [0.05, 0.1) is 46.2 Å². The largest absolute Gasteiger partial charge is 0.756 e. The van der Waals surface area contributed by atoms with Crippen LogP contribution >= 0.6 is 7.82 Å². The molecule has 0 aromatic carbocycles. The van der Waals surface area contributed by atoms with E-state index in [1.807, 2.05) is 0 Å². The van der Waals surface area contributed by atoms with Crippen molar-refractivity contribution in [2.24, 2.45) is 0 Å². The standard InChI is InChI=1S/C20H42NO10P/c1-25-13-15-29-18-19(30-16-14-26-2)17-28-11-7-5-4-6-9-20(22)21-10-8-12-31-32(23,24)27-3/h19H,4-18H2,1-3H3,(H,21,22)(H,23,24)/p-1. The molecular formula is C20H41NO10P-. The van der Waals surface area contributed by atoms with Gasteiger partial charge >= 0.3 is 0 Å². The highest BCUT2D eigenvalue weighted by Gasteiger charge is 2.10. The first kappa shape index (κ1) is 31.4. The number of hydrogen-bond acceptors (Lipinski definition) is 10. The van der Waals surface area contributed by atoms with E-state index in [1.54, 1.807) is 14.2 Å². The average molecular weight is 487 g/mol. The van der Waals surface area contributed by atoms with Crippen LogP contribution in [0.1, 0.15) is 38.5 Å². The fraction of sp³-hybridized carbons (Fsp3) is 0.950. The normalized spacial score (nSPS) is 14.2. The molecule has 11 nitrogen and oxygen atoms in total. The van der Waals surface area contributed by atoms with Crippen molar-refractivity contribution in [1.82, 2.24) is 5.32 Å². The van der Waals surface area contributed by atoms with E-state index in [-0.39, 0.29) is 18.6 Å². The van der Waals surface area contributed by atoms with Gasteiger partial charge < -0.3 is 42.9 Å². The van der Waals surface area contributed by atoms with Gasteiger partial charge in [0.2, 0.25) is 5.91 Å². The van der Waals surface area contributed by atoms with Gasteiger partial charge in [0.1, 0.15) is 6.10 Å². The van der Waals surface area contributed by atoms with Crippen molar-refractivity contribution in [3.05, 3.63) is 0 Å². The van der Waals surface area contributed by atoms with E-state index < -0.39 is 7.82 Å². The highest BCUT2D eigenvalue weighted by Crippen LogP contribution is 2.36. The van der Waals surface area contributed by atoms with Gasteiger partial charge in [-0.2, -0.15) is 0 Å². The second-order valence-corrected chi connectivity index (χ2v) is 8.48. The molecular weight excluding hydrogens is 445 g/mol. The van der Waals surface area contributed by atoms with E-state index in [2.05, 4.69) is 14.4 Å². The van der Waals surface area contributed by atoms with Gasteiger partial charge in [0.15, 0.2) is 0 Å². The van der Waals surface area contributed by atoms with Crippen LogP contribution in [0.15, 0.2) is 0 Å². The summed E-state index contributed by atoms with van der Waals surface area (Å²) in [5, 5.41) is 2.74. The van der Waals surface area contributed by atoms with Crippen LogP contribution in [0.25, 0.3) is 0 Å². The monoisotopic (exact) mass is 486 g/mol. The van der Waals surface area contributed by atoms with Gasteiger partial charge in [0, 0.05) is 40.9 Å². The van der Waals surface area contributed by atoms with Crippen molar-refractivity contribution < 1.29 is 47.0 Å². The lowest BCUT2D eigenvalue weighted by atomic mass is 10.1. The zero-order valence-electron chi connectivity index (χ0n) is 19.7. The molecule has 0 bridgehead atoms. The highest BCUT2D eigenvalue weighted by atomic mass is 31.2. The Labute approximate surface area is 192 Å². The number of carbonyl (C=O) groups excluding carboxylic acids is 1. The van der Waals surface area contributed by atoms with Crippen LogP contribution in [-0.4, -0.2) is 92.7 Å². The molecule has 32 heavy (non-hydrogen) atoms. The summed E-state index contributed by atoms with van der Waals surface area (Å²) in [6.07, 6.45) is 4.28. The SMILES string of the molecule is COCCOCC(COCCCCCCC(=O)NCCCOP(=O)([O-])OC)OCCOC. The maximum atomic E-state index is 11.7. The molecule has 0 spiro atoms. The van der Waals surface area contributed by atoms with Gasteiger partial charge in [-0.25, -0.2) is 0 Å². The van der Waals surface area contributed by atoms with E-state index in [4.69, 9.17) is 23.7 Å². The van der Waals surface area contributed by atoms with Gasteiger partial charge in [-0.05, 0) is 19.3 Å². The molecule has 0 radical (unpaired) electrons. The molecule has 0 fully saturated rings. The van der Waals surface area contributed by atoms with Gasteiger partial charge in [-0.1, -0.05) is 12.8 Å². The second-order valence-electron chi connectivity index (χ2n) is 6.96. The number of unbranched alkanes of at least 4 members (excludes halogenated alkanes) is 3. The minimum Gasteiger partial charge on any atom is -0.756 e. The molecule has 12 heteroatoms. The zero-order valence-corrected chi connectivity index (χ0v) is 20.6. The summed E-state index contributed by atoms with van der Waals surface area (Å²) in [4.78, 5) is 22.7. The first-order valence-electron chi connectivity index (χ1n) is 11.0. The third kappa shape index (κ3) is 21.2. The average Bonchev–Trinajstić information content (AvgIpc) is 2.77. The van der Waals surface area contributed by atoms with Crippen LogP contribution in [0, 0.1) is 0 Å². The fourth-order valence-corrected chi connectivity index (χ4v) is 2.93. The van der Waals surface area contributed by atoms with Gasteiger partial charge in [-0.3, -0.25) is 9.36 Å². The summed E-state index contributed by atoms with van der Waals surface area (Å²) in [6.45, 7) is 3.91. The van der Waals surface area contributed by atoms with E-state index in [0.29, 0.717) is 65.6 Å². The van der Waals surface area contributed by atoms with Crippen LogP contribution in [0.4, 0.5) is 0 Å². The lowest BCUT2D eigenvalue weighted by molar-refractivity contribution is -0.222. The number of nitrogens with one attached hydrogen (secondary N) is 1. The Balaban J connectivity index is 3.63. The first-order chi connectivity index (χ1) is 15.4. The van der Waals surface area contributed by atoms with Crippen molar-refractivity contribution in [1.29, 1.82) is 0 Å². The zero-order chi connectivity index (χ0) is 23.9. The smallest absolute Gasteiger partial charge is 0.267 e. The molecule has 0 aromatic rings. The number of carbonyl (C=O) groups is 1. The van der Waals surface area contributed by atoms with Crippen molar-refractivity contribution >= 4 is 13.7 Å². The Morgan fingerprint density at radius 3 is 2.19 bits per heavy atom. The molecule has 0 aliphatic rings. The molecule has 0 aliphatic carbocycles. The van der Waals surface area contributed by atoms with Crippen LogP contribution in [0.3, 0.4) is 0 Å². The first-order valence-corrected chi connectivity index (χ1v) is 12.4. The van der Waals surface area contributed by atoms with Crippen molar-refractivity contribution in [3.8, 4) is 0 Å². The van der Waals surface area contributed by atoms with Gasteiger partial charge in [0.25, 0.3) is 7.82 Å². The molecule has 1 N–H and O–H groups in total. The molecule has 2 atom stereocenters. The lowest BCUT2D eigenvalue weighted by Gasteiger charge is -2.19.